The molecule has 5 atom stereocenters. The van der Waals surface area contributed by atoms with E-state index in [1.54, 1.807) is 6.07 Å². The minimum absolute atomic E-state index is 0.268. The highest BCUT2D eigenvalue weighted by Crippen LogP contribution is 2.62. The van der Waals surface area contributed by atoms with Gasteiger partial charge < -0.3 is 19.5 Å². The van der Waals surface area contributed by atoms with Gasteiger partial charge in [0.15, 0.2) is 11.5 Å². The Balaban J connectivity index is 1.34. The van der Waals surface area contributed by atoms with Crippen LogP contribution in [0.25, 0.3) is 10.8 Å². The minimum Gasteiger partial charge on any atom is -0.482 e. The molecule has 0 amide bonds. The third kappa shape index (κ3) is 2.47. The molecule has 3 aromatic carbocycles. The highest BCUT2D eigenvalue weighted by atomic mass is 16.6. The largest absolute Gasteiger partial charge is 0.482 e. The van der Waals surface area contributed by atoms with E-state index < -0.39 is 12.1 Å². The van der Waals surface area contributed by atoms with E-state index in [1.807, 2.05) is 48.5 Å². The van der Waals surface area contributed by atoms with Gasteiger partial charge in [0.2, 0.25) is 0 Å². The average Bonchev–Trinajstić information content (AvgIpc) is 3.19. The number of hydrogen-bond acceptors (Lipinski definition) is 5. The van der Waals surface area contributed by atoms with Crippen molar-refractivity contribution < 1.29 is 19.4 Å². The molecule has 166 valence electrons. The Labute approximate surface area is 192 Å². The lowest BCUT2D eigenvalue weighted by molar-refractivity contribution is -0.0453. The summed E-state index contributed by atoms with van der Waals surface area (Å²) in [6, 6.07) is 17.8. The van der Waals surface area contributed by atoms with Crippen LogP contribution in [0.15, 0.2) is 66.7 Å². The Morgan fingerprint density at radius 2 is 1.97 bits per heavy atom. The molecule has 2 aliphatic carbocycles. The van der Waals surface area contributed by atoms with Crippen LogP contribution < -0.4 is 9.47 Å². The molecule has 2 heterocycles. The van der Waals surface area contributed by atoms with Crippen LogP contribution in [0.5, 0.6) is 11.5 Å². The van der Waals surface area contributed by atoms with Crippen molar-refractivity contribution >= 4 is 16.7 Å². The highest BCUT2D eigenvalue weighted by Gasteiger charge is 2.64. The van der Waals surface area contributed by atoms with Crippen LogP contribution in [0.1, 0.15) is 27.9 Å². The van der Waals surface area contributed by atoms with Crippen molar-refractivity contribution in [2.75, 3.05) is 13.6 Å². The Morgan fingerprint density at radius 3 is 2.88 bits per heavy atom. The molecule has 33 heavy (non-hydrogen) atoms. The maximum atomic E-state index is 13.3. The lowest BCUT2D eigenvalue weighted by Crippen LogP contribution is -2.64. The summed E-state index contributed by atoms with van der Waals surface area (Å²) in [6.07, 6.45) is 4.90. The normalized spacial score (nSPS) is 31.2. The number of aliphatic hydroxyl groups excluding tert-OH is 1. The molecule has 5 heteroatoms. The fraction of sp³-hybridized carbons (Fsp3) is 0.321. The molecule has 4 aliphatic rings. The summed E-state index contributed by atoms with van der Waals surface area (Å²) in [4.78, 5) is 15.7. The van der Waals surface area contributed by atoms with Gasteiger partial charge in [0.1, 0.15) is 12.2 Å². The number of nitrogens with zero attached hydrogens (tertiary/aromatic N) is 1. The number of likely N-dealkylation sites (tertiary alicyclic amines) is 1. The molecule has 5 nitrogen and oxygen atoms in total. The van der Waals surface area contributed by atoms with Crippen molar-refractivity contribution in [3.63, 3.8) is 0 Å². The number of ether oxygens (including phenoxy) is 2. The van der Waals surface area contributed by atoms with Crippen LogP contribution in [0.3, 0.4) is 0 Å². The van der Waals surface area contributed by atoms with E-state index in [0.717, 1.165) is 35.7 Å². The van der Waals surface area contributed by atoms with Crippen LogP contribution in [-0.2, 0) is 11.8 Å². The molecule has 1 N–H and O–H groups in total. The van der Waals surface area contributed by atoms with Crippen LogP contribution in [0.2, 0.25) is 0 Å². The third-order valence-electron chi connectivity index (χ3n) is 8.35. The second-order valence-corrected chi connectivity index (χ2v) is 9.83. The number of likely N-dealkylation sites (N-methyl/N-ethyl adjacent to an activating group) is 1. The van der Waals surface area contributed by atoms with Crippen molar-refractivity contribution in [3.05, 3.63) is 83.4 Å². The molecule has 0 aromatic heterocycles. The number of hydrogen-bond donors (Lipinski definition) is 1. The van der Waals surface area contributed by atoms with Gasteiger partial charge in [-0.25, -0.2) is 4.79 Å². The Bertz CT molecular complexity index is 1340. The van der Waals surface area contributed by atoms with Gasteiger partial charge in [-0.2, -0.15) is 0 Å². The Kier molecular flexibility index (Phi) is 3.92. The number of esters is 1. The molecular formula is C28H25NO4. The first-order chi connectivity index (χ1) is 16.1. The van der Waals surface area contributed by atoms with E-state index >= 15 is 0 Å². The lowest BCUT2D eigenvalue weighted by Gasteiger charge is -2.56. The molecule has 0 radical (unpaired) electrons. The van der Waals surface area contributed by atoms with Crippen molar-refractivity contribution in [2.24, 2.45) is 5.92 Å². The second kappa shape index (κ2) is 6.69. The summed E-state index contributed by atoms with van der Waals surface area (Å²) >= 11 is 0. The van der Waals surface area contributed by atoms with Gasteiger partial charge in [-0.3, -0.25) is 0 Å². The van der Waals surface area contributed by atoms with Gasteiger partial charge in [0.05, 0.1) is 5.56 Å². The van der Waals surface area contributed by atoms with Crippen LogP contribution >= 0.6 is 0 Å². The fourth-order valence-corrected chi connectivity index (χ4v) is 6.87. The molecule has 1 spiro atoms. The van der Waals surface area contributed by atoms with Crippen LogP contribution in [0.4, 0.5) is 0 Å². The van der Waals surface area contributed by atoms with E-state index in [1.165, 1.54) is 5.56 Å². The Morgan fingerprint density at radius 1 is 1.12 bits per heavy atom. The first-order valence-corrected chi connectivity index (χ1v) is 11.7. The fourth-order valence-electron chi connectivity index (χ4n) is 6.87. The lowest BCUT2D eigenvalue weighted by atomic mass is 9.53. The van der Waals surface area contributed by atoms with E-state index in [2.05, 4.69) is 24.1 Å². The zero-order valence-corrected chi connectivity index (χ0v) is 18.4. The van der Waals surface area contributed by atoms with Crippen LogP contribution in [0, 0.1) is 5.92 Å². The molecule has 1 fully saturated rings. The molecule has 2 bridgehead atoms. The highest BCUT2D eigenvalue weighted by molar-refractivity contribution is 6.05. The second-order valence-electron chi connectivity index (χ2n) is 9.83. The number of benzene rings is 3. The van der Waals surface area contributed by atoms with E-state index in [9.17, 15) is 9.90 Å². The smallest absolute Gasteiger partial charge is 0.344 e. The SMILES string of the molecule is CN1CC[C@]23c4c5ccc(OC(=O)c6cccc7ccccc67)c4O[C@H]2[C@@H](O)C=C[C@H]3[C@H]1C5. The van der Waals surface area contributed by atoms with Gasteiger partial charge in [-0.05, 0) is 54.9 Å². The molecular weight excluding hydrogens is 414 g/mol. The third-order valence-corrected chi connectivity index (χ3v) is 8.35. The molecule has 3 aromatic rings. The molecule has 0 unspecified atom stereocenters. The van der Waals surface area contributed by atoms with Gasteiger partial charge in [-0.1, -0.05) is 54.6 Å². The monoisotopic (exact) mass is 439 g/mol. The molecule has 1 saturated heterocycles. The number of piperidine rings is 1. The predicted octanol–water partition coefficient (Wildman–Crippen LogP) is 3.86. The van der Waals surface area contributed by atoms with Gasteiger partial charge >= 0.3 is 5.97 Å². The maximum absolute atomic E-state index is 13.3. The summed E-state index contributed by atoms with van der Waals surface area (Å²) in [7, 11) is 2.19. The summed E-state index contributed by atoms with van der Waals surface area (Å²) < 4.78 is 12.5. The van der Waals surface area contributed by atoms with Gasteiger partial charge in [-0.15, -0.1) is 0 Å². The van der Waals surface area contributed by atoms with Gasteiger partial charge in [0.25, 0.3) is 0 Å². The minimum atomic E-state index is -0.676. The first kappa shape index (κ1) is 19.3. The zero-order chi connectivity index (χ0) is 22.3. The van der Waals surface area contributed by atoms with Crippen LogP contribution in [-0.4, -0.2) is 47.8 Å². The molecule has 2 aliphatic heterocycles. The van der Waals surface area contributed by atoms with Crippen molar-refractivity contribution in [1.29, 1.82) is 0 Å². The molecule has 7 rings (SSSR count). The summed E-state index contributed by atoms with van der Waals surface area (Å²) in [5.74, 6) is 0.967. The van der Waals surface area contributed by atoms with E-state index in [0.29, 0.717) is 23.1 Å². The number of carbonyl (C=O) groups is 1. The van der Waals surface area contributed by atoms with Crippen molar-refractivity contribution in [1.82, 2.24) is 4.90 Å². The van der Waals surface area contributed by atoms with Gasteiger partial charge in [0, 0.05) is 22.9 Å². The standard InChI is InChI=1S/C28H25NO4/c1-29-14-13-28-20-10-11-22(30)26(28)33-25-23(12-9-17(24(25)28)15-21(20)29)32-27(31)19-8-4-6-16-5-2-3-7-18(16)19/h2-12,20-22,26,30H,13-15H2,1H3/t20-,21+,22-,26-,28-/m0/s1. The number of aliphatic hydroxyl groups is 1. The van der Waals surface area contributed by atoms with E-state index in [4.69, 9.17) is 9.47 Å². The number of fused-ring (bicyclic) bond motifs is 1. The quantitative estimate of drug-likeness (QED) is 0.373. The molecule has 0 saturated carbocycles. The topological polar surface area (TPSA) is 59.0 Å². The number of rotatable bonds is 2. The number of carbonyl (C=O) groups excluding carboxylic acids is 1. The Hall–Kier alpha value is -3.15. The van der Waals surface area contributed by atoms with Crippen molar-refractivity contribution in [2.45, 2.75) is 36.5 Å². The summed E-state index contributed by atoms with van der Waals surface area (Å²) in [6.45, 7) is 0.959. The van der Waals surface area contributed by atoms with Crippen molar-refractivity contribution in [3.8, 4) is 11.5 Å². The summed E-state index contributed by atoms with van der Waals surface area (Å²) in [5.41, 5.74) is 2.66. The maximum Gasteiger partial charge on any atom is 0.344 e. The first-order valence-electron chi connectivity index (χ1n) is 11.7. The summed E-state index contributed by atoms with van der Waals surface area (Å²) in [5, 5.41) is 12.8. The average molecular weight is 440 g/mol. The zero-order valence-electron chi connectivity index (χ0n) is 18.4. The van der Waals surface area contributed by atoms with E-state index in [-0.39, 0.29) is 17.4 Å². The predicted molar refractivity (Wildman–Crippen MR) is 125 cm³/mol.